The number of nitrogens with one attached hydrogen (secondary N) is 2. The molecule has 0 aliphatic carbocycles. The summed E-state index contributed by atoms with van der Waals surface area (Å²) in [6.07, 6.45) is 1.24. The fourth-order valence-electron chi connectivity index (χ4n) is 1.07. The van der Waals surface area contributed by atoms with Gasteiger partial charge < -0.3 is 10.6 Å². The fourth-order valence-corrected chi connectivity index (χ4v) is 1.07. The third-order valence-electron chi connectivity index (χ3n) is 1.88. The number of hydrogen-bond acceptors (Lipinski definition) is 2. The number of rotatable bonds is 5. The third-order valence-corrected chi connectivity index (χ3v) is 1.88. The van der Waals surface area contributed by atoms with E-state index in [1.54, 1.807) is 0 Å². The van der Waals surface area contributed by atoms with E-state index >= 15 is 0 Å². The lowest BCUT2D eigenvalue weighted by Crippen LogP contribution is -2.36. The second kappa shape index (κ2) is 5.55. The minimum absolute atomic E-state index is 0.451. The molecule has 1 atom stereocenters. The topological polar surface area (TPSA) is 24.1 Å². The Balaban J connectivity index is 3.31. The molecule has 0 bridgehead atoms. The first-order valence-electron chi connectivity index (χ1n) is 4.83. The first-order chi connectivity index (χ1) is 5.45. The number of likely N-dealkylation sites (N-methyl/N-ethyl adjacent to an activating group) is 1. The molecule has 2 nitrogen and oxygen atoms in total. The van der Waals surface area contributed by atoms with Crippen LogP contribution in [0.25, 0.3) is 0 Å². The van der Waals surface area contributed by atoms with Crippen molar-refractivity contribution in [3.05, 3.63) is 0 Å². The molecule has 2 heteroatoms. The molecule has 12 heavy (non-hydrogen) atoms. The zero-order valence-electron chi connectivity index (χ0n) is 9.20. The van der Waals surface area contributed by atoms with Gasteiger partial charge in [-0.1, -0.05) is 20.8 Å². The maximum absolute atomic E-state index is 3.48. The van der Waals surface area contributed by atoms with Crippen LogP contribution in [0.4, 0.5) is 0 Å². The van der Waals surface area contributed by atoms with Crippen LogP contribution in [0.3, 0.4) is 0 Å². The summed E-state index contributed by atoms with van der Waals surface area (Å²) >= 11 is 0. The Kier molecular flexibility index (Phi) is 5.51. The molecule has 0 radical (unpaired) electrons. The Morgan fingerprint density at radius 1 is 1.25 bits per heavy atom. The first kappa shape index (κ1) is 11.9. The van der Waals surface area contributed by atoms with Crippen molar-refractivity contribution in [2.24, 2.45) is 5.41 Å². The summed E-state index contributed by atoms with van der Waals surface area (Å²) in [7, 11) is 1.99. The SMILES string of the molecule is CNCC(C)NCCC(C)(C)C. The highest BCUT2D eigenvalue weighted by atomic mass is 15.0. The predicted molar refractivity (Wildman–Crippen MR) is 55.5 cm³/mol. The van der Waals surface area contributed by atoms with Crippen molar-refractivity contribution in [3.8, 4) is 0 Å². The zero-order valence-corrected chi connectivity index (χ0v) is 9.20. The van der Waals surface area contributed by atoms with Gasteiger partial charge in [0.05, 0.1) is 0 Å². The summed E-state index contributed by atoms with van der Waals surface area (Å²) in [6, 6.07) is 0.581. The summed E-state index contributed by atoms with van der Waals surface area (Å²) in [5, 5.41) is 6.63. The van der Waals surface area contributed by atoms with Gasteiger partial charge in [-0.3, -0.25) is 0 Å². The first-order valence-corrected chi connectivity index (χ1v) is 4.83. The van der Waals surface area contributed by atoms with Gasteiger partial charge in [0.1, 0.15) is 0 Å². The van der Waals surface area contributed by atoms with Crippen molar-refractivity contribution >= 4 is 0 Å². The largest absolute Gasteiger partial charge is 0.318 e. The zero-order chi connectivity index (χ0) is 9.61. The highest BCUT2D eigenvalue weighted by molar-refractivity contribution is 4.67. The molecule has 0 heterocycles. The van der Waals surface area contributed by atoms with E-state index in [1.807, 2.05) is 7.05 Å². The van der Waals surface area contributed by atoms with Crippen molar-refractivity contribution in [3.63, 3.8) is 0 Å². The average molecular weight is 172 g/mol. The Morgan fingerprint density at radius 2 is 1.83 bits per heavy atom. The molecule has 0 aromatic rings. The van der Waals surface area contributed by atoms with Gasteiger partial charge in [-0.05, 0) is 32.4 Å². The lowest BCUT2D eigenvalue weighted by Gasteiger charge is -2.20. The lowest BCUT2D eigenvalue weighted by molar-refractivity contribution is 0.355. The normalized spacial score (nSPS) is 14.8. The van der Waals surface area contributed by atoms with Crippen LogP contribution in [0.15, 0.2) is 0 Å². The van der Waals surface area contributed by atoms with E-state index < -0.39 is 0 Å². The summed E-state index contributed by atoms with van der Waals surface area (Å²) in [6.45, 7) is 11.2. The standard InChI is InChI=1S/C10H24N2/c1-9(8-11-5)12-7-6-10(2,3)4/h9,11-12H,6-8H2,1-5H3. The van der Waals surface area contributed by atoms with E-state index in [2.05, 4.69) is 38.3 Å². The van der Waals surface area contributed by atoms with E-state index in [0.717, 1.165) is 13.1 Å². The quantitative estimate of drug-likeness (QED) is 0.658. The molecule has 0 aromatic heterocycles. The second-order valence-corrected chi connectivity index (χ2v) is 4.72. The lowest BCUT2D eigenvalue weighted by atomic mass is 9.92. The summed E-state index contributed by atoms with van der Waals surface area (Å²) in [5.41, 5.74) is 0.451. The molecule has 0 aromatic carbocycles. The summed E-state index contributed by atoms with van der Waals surface area (Å²) < 4.78 is 0. The van der Waals surface area contributed by atoms with Crippen molar-refractivity contribution in [2.45, 2.75) is 40.2 Å². The molecular weight excluding hydrogens is 148 g/mol. The number of hydrogen-bond donors (Lipinski definition) is 2. The molecule has 2 N–H and O–H groups in total. The van der Waals surface area contributed by atoms with Gasteiger partial charge in [-0.2, -0.15) is 0 Å². The van der Waals surface area contributed by atoms with E-state index in [-0.39, 0.29) is 0 Å². The van der Waals surface area contributed by atoms with E-state index in [0.29, 0.717) is 11.5 Å². The van der Waals surface area contributed by atoms with Crippen LogP contribution in [0.2, 0.25) is 0 Å². The Labute approximate surface area is 77.1 Å². The van der Waals surface area contributed by atoms with E-state index in [4.69, 9.17) is 0 Å². The van der Waals surface area contributed by atoms with Crippen LogP contribution in [-0.4, -0.2) is 26.2 Å². The Hall–Kier alpha value is -0.0800. The van der Waals surface area contributed by atoms with Crippen LogP contribution < -0.4 is 10.6 Å². The molecule has 0 fully saturated rings. The van der Waals surface area contributed by atoms with Gasteiger partial charge in [-0.25, -0.2) is 0 Å². The Morgan fingerprint density at radius 3 is 2.25 bits per heavy atom. The predicted octanol–water partition coefficient (Wildman–Crippen LogP) is 1.62. The molecular formula is C10H24N2. The molecule has 0 aliphatic heterocycles. The third kappa shape index (κ3) is 8.02. The summed E-state index contributed by atoms with van der Waals surface area (Å²) in [5.74, 6) is 0. The molecule has 0 spiro atoms. The maximum atomic E-state index is 3.48. The van der Waals surface area contributed by atoms with Gasteiger partial charge in [0.15, 0.2) is 0 Å². The molecule has 1 unspecified atom stereocenters. The van der Waals surface area contributed by atoms with E-state index in [1.165, 1.54) is 6.42 Å². The average Bonchev–Trinajstić information content (AvgIpc) is 1.84. The second-order valence-electron chi connectivity index (χ2n) is 4.72. The van der Waals surface area contributed by atoms with Crippen molar-refractivity contribution < 1.29 is 0 Å². The van der Waals surface area contributed by atoms with Crippen LogP contribution in [0.5, 0.6) is 0 Å². The van der Waals surface area contributed by atoms with Crippen LogP contribution in [0.1, 0.15) is 34.1 Å². The smallest absolute Gasteiger partial charge is 0.0164 e. The summed E-state index contributed by atoms with van der Waals surface area (Å²) in [4.78, 5) is 0. The molecule has 74 valence electrons. The van der Waals surface area contributed by atoms with Gasteiger partial charge in [0, 0.05) is 12.6 Å². The monoisotopic (exact) mass is 172 g/mol. The van der Waals surface area contributed by atoms with Crippen molar-refractivity contribution in [1.29, 1.82) is 0 Å². The minimum Gasteiger partial charge on any atom is -0.318 e. The van der Waals surface area contributed by atoms with Gasteiger partial charge in [-0.15, -0.1) is 0 Å². The van der Waals surface area contributed by atoms with Crippen LogP contribution >= 0.6 is 0 Å². The van der Waals surface area contributed by atoms with Crippen molar-refractivity contribution in [1.82, 2.24) is 10.6 Å². The van der Waals surface area contributed by atoms with E-state index in [9.17, 15) is 0 Å². The Bertz CT molecular complexity index is 105. The van der Waals surface area contributed by atoms with Crippen LogP contribution in [-0.2, 0) is 0 Å². The maximum Gasteiger partial charge on any atom is 0.0164 e. The van der Waals surface area contributed by atoms with Gasteiger partial charge in [0.2, 0.25) is 0 Å². The highest BCUT2D eigenvalue weighted by Crippen LogP contribution is 2.16. The van der Waals surface area contributed by atoms with Crippen molar-refractivity contribution in [2.75, 3.05) is 20.1 Å². The molecule has 0 aliphatic rings. The highest BCUT2D eigenvalue weighted by Gasteiger charge is 2.09. The molecule has 0 saturated heterocycles. The molecule has 0 amide bonds. The van der Waals surface area contributed by atoms with Gasteiger partial charge >= 0.3 is 0 Å². The molecule has 0 rings (SSSR count). The van der Waals surface area contributed by atoms with Crippen LogP contribution in [0, 0.1) is 5.41 Å². The van der Waals surface area contributed by atoms with Gasteiger partial charge in [0.25, 0.3) is 0 Å². The fraction of sp³-hybridized carbons (Fsp3) is 1.00. The molecule has 0 saturated carbocycles. The minimum atomic E-state index is 0.451.